The van der Waals surface area contributed by atoms with Gasteiger partial charge in [-0.1, -0.05) is 18.2 Å². The van der Waals surface area contributed by atoms with E-state index in [1.807, 2.05) is 0 Å². The van der Waals surface area contributed by atoms with E-state index in [4.69, 9.17) is 5.11 Å². The van der Waals surface area contributed by atoms with Crippen LogP contribution in [0.1, 0.15) is 5.82 Å². The summed E-state index contributed by atoms with van der Waals surface area (Å²) < 4.78 is 33.0. The number of aliphatic hydroxyl groups is 1. The van der Waals surface area contributed by atoms with Crippen LogP contribution in [0.3, 0.4) is 0 Å². The average Bonchev–Trinajstić information content (AvgIpc) is 2.39. The van der Waals surface area contributed by atoms with E-state index in [1.54, 1.807) is 18.2 Å². The van der Waals surface area contributed by atoms with Gasteiger partial charge in [0.05, 0.1) is 12.3 Å². The van der Waals surface area contributed by atoms with Crippen molar-refractivity contribution < 1.29 is 18.1 Å². The molecule has 0 atom stereocenters. The van der Waals surface area contributed by atoms with E-state index in [0.29, 0.717) is 4.31 Å². The van der Waals surface area contributed by atoms with Crippen molar-refractivity contribution in [3.63, 3.8) is 0 Å². The predicted octanol–water partition coefficient (Wildman–Crippen LogP) is 0.347. The van der Waals surface area contributed by atoms with E-state index >= 15 is 0 Å². The number of aromatic nitrogens is 3. The zero-order valence-corrected chi connectivity index (χ0v) is 11.1. The molecule has 1 aromatic carbocycles. The van der Waals surface area contributed by atoms with Crippen molar-refractivity contribution in [2.45, 2.75) is 6.42 Å². The van der Waals surface area contributed by atoms with E-state index in [9.17, 15) is 13.0 Å². The first-order valence-corrected chi connectivity index (χ1v) is 7.03. The van der Waals surface area contributed by atoms with E-state index in [0.717, 1.165) is 6.33 Å². The summed E-state index contributed by atoms with van der Waals surface area (Å²) in [6, 6.07) is 7.91. The van der Waals surface area contributed by atoms with Crippen LogP contribution in [0.2, 0.25) is 0 Å². The fourth-order valence-corrected chi connectivity index (χ4v) is 2.24. The molecule has 8 nitrogen and oxygen atoms in total. The van der Waals surface area contributed by atoms with Gasteiger partial charge in [0.15, 0.2) is 0 Å². The minimum atomic E-state index is -4.58. The topological polar surface area (TPSA) is 117 Å². The second-order valence-electron chi connectivity index (χ2n) is 3.75. The second kappa shape index (κ2) is 5.90. The molecule has 0 fully saturated rings. The molecule has 2 aromatic rings. The number of hydrogen-bond donors (Lipinski definition) is 2. The van der Waals surface area contributed by atoms with E-state index in [2.05, 4.69) is 15.0 Å². The van der Waals surface area contributed by atoms with Crippen molar-refractivity contribution in [3.05, 3.63) is 42.5 Å². The van der Waals surface area contributed by atoms with Crippen LogP contribution in [0.5, 0.6) is 0 Å². The molecule has 0 saturated heterocycles. The van der Waals surface area contributed by atoms with Gasteiger partial charge in [0.25, 0.3) is 0 Å². The SMILES string of the molecule is O=S(=O)(O)N(c1ccccc1)c1ncnc(CCO)n1. The Labute approximate surface area is 115 Å². The Morgan fingerprint density at radius 2 is 1.85 bits per heavy atom. The highest BCUT2D eigenvalue weighted by Gasteiger charge is 2.24. The number of aliphatic hydroxyl groups excluding tert-OH is 1. The first-order chi connectivity index (χ1) is 9.52. The van der Waals surface area contributed by atoms with Crippen molar-refractivity contribution in [2.24, 2.45) is 0 Å². The molecule has 0 spiro atoms. The van der Waals surface area contributed by atoms with Crippen molar-refractivity contribution in [1.82, 2.24) is 15.0 Å². The van der Waals surface area contributed by atoms with Crippen LogP contribution in [-0.4, -0.2) is 39.6 Å². The van der Waals surface area contributed by atoms with Crippen molar-refractivity contribution in [2.75, 3.05) is 10.9 Å². The zero-order chi connectivity index (χ0) is 14.6. The maximum absolute atomic E-state index is 11.5. The summed E-state index contributed by atoms with van der Waals surface area (Å²) in [5.74, 6) is -0.0146. The molecule has 106 valence electrons. The quantitative estimate of drug-likeness (QED) is 0.764. The Hall–Kier alpha value is -2.10. The number of rotatable bonds is 5. The number of benzene rings is 1. The van der Waals surface area contributed by atoms with Gasteiger partial charge in [-0.15, -0.1) is 0 Å². The average molecular weight is 296 g/mol. The third-order valence-electron chi connectivity index (χ3n) is 2.35. The van der Waals surface area contributed by atoms with Gasteiger partial charge in [-0.05, 0) is 12.1 Å². The van der Waals surface area contributed by atoms with Gasteiger partial charge < -0.3 is 5.11 Å². The highest BCUT2D eigenvalue weighted by Crippen LogP contribution is 2.24. The molecule has 0 radical (unpaired) electrons. The van der Waals surface area contributed by atoms with Gasteiger partial charge >= 0.3 is 10.3 Å². The lowest BCUT2D eigenvalue weighted by atomic mass is 10.3. The number of anilines is 2. The molecule has 20 heavy (non-hydrogen) atoms. The normalized spacial score (nSPS) is 11.3. The van der Waals surface area contributed by atoms with E-state index in [1.165, 1.54) is 12.1 Å². The Balaban J connectivity index is 2.51. The first kappa shape index (κ1) is 14.3. The third kappa shape index (κ3) is 3.26. The fraction of sp³-hybridized carbons (Fsp3) is 0.182. The summed E-state index contributed by atoms with van der Waals surface area (Å²) >= 11 is 0. The smallest absolute Gasteiger partial charge is 0.366 e. The molecule has 0 saturated carbocycles. The highest BCUT2D eigenvalue weighted by atomic mass is 32.2. The molecular formula is C11H12N4O4S. The van der Waals surface area contributed by atoms with Gasteiger partial charge in [-0.25, -0.2) is 4.98 Å². The number of para-hydroxylation sites is 1. The minimum absolute atomic E-state index is 0.156. The van der Waals surface area contributed by atoms with Crippen LogP contribution in [0.25, 0.3) is 0 Å². The van der Waals surface area contributed by atoms with E-state index in [-0.39, 0.29) is 30.5 Å². The molecule has 1 heterocycles. The second-order valence-corrected chi connectivity index (χ2v) is 5.01. The zero-order valence-electron chi connectivity index (χ0n) is 10.3. The van der Waals surface area contributed by atoms with E-state index < -0.39 is 10.3 Å². The van der Waals surface area contributed by atoms with Crippen LogP contribution in [0.4, 0.5) is 11.6 Å². The molecule has 2 N–H and O–H groups in total. The van der Waals surface area contributed by atoms with Crippen LogP contribution in [0.15, 0.2) is 36.7 Å². The lowest BCUT2D eigenvalue weighted by molar-refractivity contribution is 0.296. The predicted molar refractivity (Wildman–Crippen MR) is 70.7 cm³/mol. The molecule has 0 amide bonds. The van der Waals surface area contributed by atoms with Crippen molar-refractivity contribution >= 4 is 21.9 Å². The van der Waals surface area contributed by atoms with Gasteiger partial charge in [0.2, 0.25) is 5.95 Å². The summed E-state index contributed by atoms with van der Waals surface area (Å²) in [5, 5.41) is 8.84. The summed E-state index contributed by atoms with van der Waals surface area (Å²) in [7, 11) is -4.58. The Kier molecular flexibility index (Phi) is 4.23. The minimum Gasteiger partial charge on any atom is -0.396 e. The standard InChI is InChI=1S/C11H12N4O4S/c16-7-6-10-12-8-13-11(14-10)15(20(17,18)19)9-4-2-1-3-5-9/h1-5,8,16H,6-7H2,(H,17,18,19). The maximum atomic E-state index is 11.5. The molecule has 0 bridgehead atoms. The summed E-state index contributed by atoms with van der Waals surface area (Å²) in [6.07, 6.45) is 1.28. The largest absolute Gasteiger partial charge is 0.396 e. The first-order valence-electron chi connectivity index (χ1n) is 5.64. The maximum Gasteiger partial charge on any atom is 0.366 e. The summed E-state index contributed by atoms with van der Waals surface area (Å²) in [6.45, 7) is -0.180. The van der Waals surface area contributed by atoms with Crippen molar-refractivity contribution in [1.29, 1.82) is 0 Å². The fourth-order valence-electron chi connectivity index (χ4n) is 1.55. The molecular weight excluding hydrogens is 284 g/mol. The molecule has 0 unspecified atom stereocenters. The van der Waals surface area contributed by atoms with Crippen LogP contribution in [0, 0.1) is 0 Å². The van der Waals surface area contributed by atoms with Gasteiger partial charge in [-0.3, -0.25) is 4.55 Å². The van der Waals surface area contributed by atoms with Crippen LogP contribution >= 0.6 is 0 Å². The van der Waals surface area contributed by atoms with Gasteiger partial charge in [-0.2, -0.15) is 22.7 Å². The number of hydrogen-bond acceptors (Lipinski definition) is 6. The highest BCUT2D eigenvalue weighted by molar-refractivity contribution is 7.87. The van der Waals surface area contributed by atoms with Crippen LogP contribution < -0.4 is 4.31 Å². The van der Waals surface area contributed by atoms with Gasteiger partial charge in [0, 0.05) is 6.42 Å². The molecule has 1 aromatic heterocycles. The third-order valence-corrected chi connectivity index (χ3v) is 3.18. The van der Waals surface area contributed by atoms with Crippen molar-refractivity contribution in [3.8, 4) is 0 Å². The van der Waals surface area contributed by atoms with Gasteiger partial charge in [0.1, 0.15) is 12.2 Å². The molecule has 0 aliphatic carbocycles. The molecule has 0 aliphatic rings. The molecule has 0 aliphatic heterocycles. The lowest BCUT2D eigenvalue weighted by Crippen LogP contribution is -2.27. The lowest BCUT2D eigenvalue weighted by Gasteiger charge is -2.18. The van der Waals surface area contributed by atoms with Crippen LogP contribution in [-0.2, 0) is 16.7 Å². The molecule has 9 heteroatoms. The molecule has 2 rings (SSSR count). The monoisotopic (exact) mass is 296 g/mol. The Morgan fingerprint density at radius 3 is 2.45 bits per heavy atom. The Bertz CT molecular complexity index is 678. The summed E-state index contributed by atoms with van der Waals surface area (Å²) in [5.41, 5.74) is 0.191. The summed E-state index contributed by atoms with van der Waals surface area (Å²) in [4.78, 5) is 11.5. The Morgan fingerprint density at radius 1 is 1.15 bits per heavy atom. The number of nitrogens with zero attached hydrogens (tertiary/aromatic N) is 4.